The van der Waals surface area contributed by atoms with E-state index < -0.39 is 0 Å². The average molecular weight is 304 g/mol. The Morgan fingerprint density at radius 1 is 1.50 bits per heavy atom. The number of amides is 1. The number of carbonyl (C=O) groups is 1. The first-order valence-corrected chi connectivity index (χ1v) is 7.48. The summed E-state index contributed by atoms with van der Waals surface area (Å²) in [6, 6.07) is 1.91. The van der Waals surface area contributed by atoms with Crippen molar-refractivity contribution < 1.29 is 13.9 Å². The molecule has 7 nitrogen and oxygen atoms in total. The number of ether oxygens (including phenoxy) is 1. The topological polar surface area (TPSA) is 93.0 Å². The van der Waals surface area contributed by atoms with Gasteiger partial charge in [0.2, 0.25) is 0 Å². The third-order valence-corrected chi connectivity index (χ3v) is 3.92. The molecule has 0 bridgehead atoms. The third-order valence-electron chi connectivity index (χ3n) is 3.92. The number of rotatable bonds is 4. The molecular formula is C15H20N4O3. The number of carbonyl (C=O) groups excluding carboxylic acids is 1. The van der Waals surface area contributed by atoms with Crippen molar-refractivity contribution in [3.8, 4) is 0 Å². The number of nitrogens with zero attached hydrogens (tertiary/aromatic N) is 2. The van der Waals surface area contributed by atoms with Gasteiger partial charge in [-0.25, -0.2) is 4.98 Å². The molecule has 1 fully saturated rings. The fourth-order valence-corrected chi connectivity index (χ4v) is 2.87. The van der Waals surface area contributed by atoms with Gasteiger partial charge in [0.25, 0.3) is 5.91 Å². The third kappa shape index (κ3) is 3.04. The fraction of sp³-hybridized carbons (Fsp3) is 0.533. The monoisotopic (exact) mass is 304 g/mol. The van der Waals surface area contributed by atoms with Gasteiger partial charge in [0.1, 0.15) is 11.9 Å². The van der Waals surface area contributed by atoms with Gasteiger partial charge in [-0.1, -0.05) is 0 Å². The van der Waals surface area contributed by atoms with E-state index in [-0.39, 0.29) is 17.9 Å². The van der Waals surface area contributed by atoms with E-state index in [9.17, 15) is 4.79 Å². The summed E-state index contributed by atoms with van der Waals surface area (Å²) in [7, 11) is 0. The van der Waals surface area contributed by atoms with Gasteiger partial charge in [-0.05, 0) is 25.8 Å². The van der Waals surface area contributed by atoms with Crippen LogP contribution in [-0.2, 0) is 4.74 Å². The molecule has 0 spiro atoms. The van der Waals surface area contributed by atoms with Crippen LogP contribution in [0.1, 0.15) is 46.8 Å². The standard InChI is InChI=1S/C15H20N4O3/c1-9-13(18-10(2)22-9)15(20)16-8-11-4-3-7-21-14(11)12-5-6-17-19-12/h5-6,11,14H,3-4,7-8H2,1-2H3,(H,16,20)(H,17,19)/t11-,14+/m0/s1. The summed E-state index contributed by atoms with van der Waals surface area (Å²) >= 11 is 0. The van der Waals surface area contributed by atoms with E-state index in [1.54, 1.807) is 20.0 Å². The van der Waals surface area contributed by atoms with E-state index in [1.807, 2.05) is 6.07 Å². The number of aromatic nitrogens is 3. The quantitative estimate of drug-likeness (QED) is 0.900. The highest BCUT2D eigenvalue weighted by Crippen LogP contribution is 2.32. The van der Waals surface area contributed by atoms with E-state index in [0.29, 0.717) is 23.9 Å². The maximum atomic E-state index is 12.2. The lowest BCUT2D eigenvalue weighted by atomic mass is 9.92. The lowest BCUT2D eigenvalue weighted by molar-refractivity contribution is -0.0297. The van der Waals surface area contributed by atoms with Crippen molar-refractivity contribution in [2.24, 2.45) is 5.92 Å². The zero-order chi connectivity index (χ0) is 15.5. The van der Waals surface area contributed by atoms with Gasteiger partial charge in [-0.15, -0.1) is 0 Å². The highest BCUT2D eigenvalue weighted by Gasteiger charge is 2.29. The second-order valence-electron chi connectivity index (χ2n) is 5.55. The lowest BCUT2D eigenvalue weighted by Crippen LogP contribution is -2.35. The average Bonchev–Trinajstić information content (AvgIpc) is 3.15. The zero-order valence-corrected chi connectivity index (χ0v) is 12.8. The van der Waals surface area contributed by atoms with Crippen LogP contribution in [0.3, 0.4) is 0 Å². The number of hydrogen-bond donors (Lipinski definition) is 2. The first kappa shape index (κ1) is 14.8. The van der Waals surface area contributed by atoms with E-state index in [1.165, 1.54) is 0 Å². The molecule has 0 saturated carbocycles. The van der Waals surface area contributed by atoms with Crippen molar-refractivity contribution in [1.29, 1.82) is 0 Å². The number of nitrogens with one attached hydrogen (secondary N) is 2. The van der Waals surface area contributed by atoms with Crippen molar-refractivity contribution in [3.63, 3.8) is 0 Å². The van der Waals surface area contributed by atoms with Gasteiger partial charge in [-0.2, -0.15) is 5.10 Å². The molecule has 1 amide bonds. The number of hydrogen-bond acceptors (Lipinski definition) is 5. The molecule has 2 N–H and O–H groups in total. The smallest absolute Gasteiger partial charge is 0.273 e. The van der Waals surface area contributed by atoms with Crippen LogP contribution in [0, 0.1) is 19.8 Å². The predicted octanol–water partition coefficient (Wildman–Crippen LogP) is 1.91. The van der Waals surface area contributed by atoms with E-state index >= 15 is 0 Å². The van der Waals surface area contributed by atoms with Crippen LogP contribution in [0.15, 0.2) is 16.7 Å². The van der Waals surface area contributed by atoms with Crippen LogP contribution in [0.2, 0.25) is 0 Å². The molecule has 1 saturated heterocycles. The van der Waals surface area contributed by atoms with Gasteiger partial charge < -0.3 is 14.5 Å². The molecule has 3 rings (SSSR count). The van der Waals surface area contributed by atoms with Crippen LogP contribution >= 0.6 is 0 Å². The van der Waals surface area contributed by atoms with E-state index in [4.69, 9.17) is 9.15 Å². The van der Waals surface area contributed by atoms with Crippen LogP contribution in [0.4, 0.5) is 0 Å². The predicted molar refractivity (Wildman–Crippen MR) is 78.3 cm³/mol. The first-order chi connectivity index (χ1) is 10.6. The molecule has 0 radical (unpaired) electrons. The molecule has 2 aromatic heterocycles. The molecular weight excluding hydrogens is 284 g/mol. The van der Waals surface area contributed by atoms with Crippen molar-refractivity contribution in [1.82, 2.24) is 20.5 Å². The molecule has 7 heteroatoms. The Labute approximate surface area is 128 Å². The summed E-state index contributed by atoms with van der Waals surface area (Å²) in [5, 5.41) is 9.87. The van der Waals surface area contributed by atoms with Crippen LogP contribution < -0.4 is 5.32 Å². The Morgan fingerprint density at radius 2 is 2.36 bits per heavy atom. The van der Waals surface area contributed by atoms with E-state index in [0.717, 1.165) is 25.1 Å². The zero-order valence-electron chi connectivity index (χ0n) is 12.8. The number of aromatic amines is 1. The highest BCUT2D eigenvalue weighted by molar-refractivity contribution is 5.93. The summed E-state index contributed by atoms with van der Waals surface area (Å²) in [5.41, 5.74) is 1.31. The van der Waals surface area contributed by atoms with Gasteiger partial charge in [0.15, 0.2) is 11.6 Å². The molecule has 0 aliphatic carbocycles. The molecule has 1 aliphatic rings. The largest absolute Gasteiger partial charge is 0.445 e. The number of aryl methyl sites for hydroxylation is 2. The Bertz CT molecular complexity index is 635. The Morgan fingerprint density at radius 3 is 3.05 bits per heavy atom. The van der Waals surface area contributed by atoms with Crippen molar-refractivity contribution in [2.75, 3.05) is 13.2 Å². The van der Waals surface area contributed by atoms with E-state index in [2.05, 4.69) is 20.5 Å². The molecule has 2 atom stereocenters. The minimum atomic E-state index is -0.205. The van der Waals surface area contributed by atoms with Crippen LogP contribution in [0.5, 0.6) is 0 Å². The molecule has 2 aromatic rings. The molecule has 0 unspecified atom stereocenters. The van der Waals surface area contributed by atoms with Crippen molar-refractivity contribution in [3.05, 3.63) is 35.3 Å². The summed E-state index contributed by atoms with van der Waals surface area (Å²) in [5.74, 6) is 1.05. The molecule has 22 heavy (non-hydrogen) atoms. The minimum absolute atomic E-state index is 0.0586. The summed E-state index contributed by atoms with van der Waals surface area (Å²) in [6.07, 6.45) is 3.65. The Hall–Kier alpha value is -2.15. The maximum Gasteiger partial charge on any atom is 0.273 e. The number of H-pyrrole nitrogens is 1. The second kappa shape index (κ2) is 6.31. The van der Waals surface area contributed by atoms with Gasteiger partial charge in [0.05, 0.1) is 5.69 Å². The van der Waals surface area contributed by atoms with Crippen LogP contribution in [-0.4, -0.2) is 34.2 Å². The highest BCUT2D eigenvalue weighted by atomic mass is 16.5. The number of oxazole rings is 1. The van der Waals surface area contributed by atoms with Gasteiger partial charge >= 0.3 is 0 Å². The maximum absolute atomic E-state index is 12.2. The van der Waals surface area contributed by atoms with Crippen LogP contribution in [0.25, 0.3) is 0 Å². The molecule has 3 heterocycles. The minimum Gasteiger partial charge on any atom is -0.445 e. The SMILES string of the molecule is Cc1nc(C(=O)NC[C@@H]2CCCO[C@H]2c2ccn[nH]2)c(C)o1. The van der Waals surface area contributed by atoms with Gasteiger partial charge in [0, 0.05) is 32.2 Å². The fourth-order valence-electron chi connectivity index (χ4n) is 2.87. The Balaban J connectivity index is 1.64. The van der Waals surface area contributed by atoms with Crippen molar-refractivity contribution >= 4 is 5.91 Å². The Kier molecular flexibility index (Phi) is 4.24. The van der Waals surface area contributed by atoms with Gasteiger partial charge in [-0.3, -0.25) is 9.89 Å². The summed E-state index contributed by atoms with van der Waals surface area (Å²) in [6.45, 7) is 4.74. The first-order valence-electron chi connectivity index (χ1n) is 7.48. The molecule has 118 valence electrons. The molecule has 1 aliphatic heterocycles. The summed E-state index contributed by atoms with van der Waals surface area (Å²) in [4.78, 5) is 16.3. The molecule has 0 aromatic carbocycles. The second-order valence-corrected chi connectivity index (χ2v) is 5.55. The lowest BCUT2D eigenvalue weighted by Gasteiger charge is -2.31. The normalized spacial score (nSPS) is 21.7. The van der Waals surface area contributed by atoms with Crippen molar-refractivity contribution in [2.45, 2.75) is 32.8 Å². The summed E-state index contributed by atoms with van der Waals surface area (Å²) < 4.78 is 11.1.